The molecule has 0 saturated carbocycles. The summed E-state index contributed by atoms with van der Waals surface area (Å²) in [6.45, 7) is -2.93. The van der Waals surface area contributed by atoms with Gasteiger partial charge >= 0.3 is 6.61 Å². The molecule has 0 amide bonds. The predicted octanol–water partition coefficient (Wildman–Crippen LogP) is 3.57. The Kier molecular flexibility index (Phi) is 4.70. The average molecular weight is 313 g/mol. The third kappa shape index (κ3) is 3.88. The summed E-state index contributed by atoms with van der Waals surface area (Å²) in [5.74, 6) is -0.421. The van der Waals surface area contributed by atoms with Crippen LogP contribution in [0.25, 0.3) is 6.08 Å². The molecule has 0 bridgehead atoms. The summed E-state index contributed by atoms with van der Waals surface area (Å²) in [7, 11) is 1.69. The van der Waals surface area contributed by atoms with Crippen molar-refractivity contribution in [1.82, 2.24) is 9.78 Å². The number of ether oxygens (including phenoxy) is 1. The molecule has 0 fully saturated rings. The summed E-state index contributed by atoms with van der Waals surface area (Å²) in [6, 6.07) is 5.58. The van der Waals surface area contributed by atoms with E-state index >= 15 is 0 Å². The van der Waals surface area contributed by atoms with Gasteiger partial charge in [0.15, 0.2) is 5.78 Å². The fourth-order valence-corrected chi connectivity index (χ4v) is 1.91. The van der Waals surface area contributed by atoms with E-state index in [1.165, 1.54) is 47.3 Å². The van der Waals surface area contributed by atoms with E-state index in [4.69, 9.17) is 11.6 Å². The number of ketones is 1. The van der Waals surface area contributed by atoms with Gasteiger partial charge in [-0.05, 0) is 24.3 Å². The lowest BCUT2D eigenvalue weighted by Crippen LogP contribution is -2.03. The summed E-state index contributed by atoms with van der Waals surface area (Å²) < 4.78 is 30.0. The van der Waals surface area contributed by atoms with Crippen LogP contribution in [0.5, 0.6) is 5.75 Å². The average Bonchev–Trinajstić information content (AvgIpc) is 2.75. The van der Waals surface area contributed by atoms with Crippen molar-refractivity contribution in [2.24, 2.45) is 7.05 Å². The number of nitrogens with zero attached hydrogens (tertiary/aromatic N) is 2. The summed E-state index contributed by atoms with van der Waals surface area (Å²) in [6.07, 6.45) is 4.27. The van der Waals surface area contributed by atoms with Crippen LogP contribution in [-0.4, -0.2) is 22.2 Å². The molecular formula is C14H11ClF2N2O2. The van der Waals surface area contributed by atoms with Gasteiger partial charge in [-0.15, -0.1) is 0 Å². The molecule has 21 heavy (non-hydrogen) atoms. The molecule has 0 radical (unpaired) electrons. The number of hydrogen-bond donors (Lipinski definition) is 0. The molecule has 7 heteroatoms. The van der Waals surface area contributed by atoms with Crippen LogP contribution in [0.1, 0.15) is 16.1 Å². The van der Waals surface area contributed by atoms with Crippen molar-refractivity contribution in [2.75, 3.05) is 0 Å². The zero-order chi connectivity index (χ0) is 15.4. The quantitative estimate of drug-likeness (QED) is 0.626. The van der Waals surface area contributed by atoms with E-state index in [9.17, 15) is 13.6 Å². The van der Waals surface area contributed by atoms with Gasteiger partial charge in [0, 0.05) is 12.6 Å². The van der Waals surface area contributed by atoms with Crippen LogP contribution in [0.4, 0.5) is 8.78 Å². The van der Waals surface area contributed by atoms with E-state index in [1.807, 2.05) is 0 Å². The Balaban J connectivity index is 2.17. The van der Waals surface area contributed by atoms with Gasteiger partial charge in [-0.3, -0.25) is 9.48 Å². The Morgan fingerprint density at radius 3 is 2.86 bits per heavy atom. The van der Waals surface area contributed by atoms with Crippen LogP contribution in [0.2, 0.25) is 5.02 Å². The highest BCUT2D eigenvalue weighted by Crippen LogP contribution is 2.18. The van der Waals surface area contributed by atoms with Crippen molar-refractivity contribution < 1.29 is 18.3 Å². The fraction of sp³-hybridized carbons (Fsp3) is 0.143. The van der Waals surface area contributed by atoms with Crippen LogP contribution in [0, 0.1) is 0 Å². The monoisotopic (exact) mass is 312 g/mol. The molecule has 0 aliphatic rings. The highest BCUT2D eigenvalue weighted by molar-refractivity contribution is 6.31. The third-order valence-corrected chi connectivity index (χ3v) is 2.97. The Hall–Kier alpha value is -2.21. The Bertz CT molecular complexity index is 664. The first-order chi connectivity index (χ1) is 9.97. The van der Waals surface area contributed by atoms with E-state index in [0.717, 1.165) is 0 Å². The number of aryl methyl sites for hydroxylation is 1. The zero-order valence-corrected chi connectivity index (χ0v) is 11.7. The van der Waals surface area contributed by atoms with Crippen molar-refractivity contribution in [2.45, 2.75) is 6.61 Å². The number of benzene rings is 1. The first-order valence-corrected chi connectivity index (χ1v) is 6.30. The zero-order valence-electron chi connectivity index (χ0n) is 11.0. The van der Waals surface area contributed by atoms with Crippen LogP contribution < -0.4 is 4.74 Å². The molecule has 0 atom stereocenters. The fourth-order valence-electron chi connectivity index (χ4n) is 1.68. The Morgan fingerprint density at radius 1 is 1.48 bits per heavy atom. The van der Waals surface area contributed by atoms with Crippen LogP contribution >= 0.6 is 11.6 Å². The summed E-state index contributed by atoms with van der Waals surface area (Å²) in [4.78, 5) is 12.0. The van der Waals surface area contributed by atoms with Crippen molar-refractivity contribution in [3.05, 3.63) is 52.8 Å². The standard InChI is InChI=1S/C14H11ClF2N2O2/c1-19-12(11(15)8-18-19)5-6-13(20)9-3-2-4-10(7-9)21-14(16)17/h2-8,14H,1H3/b6-5+. The molecule has 1 aromatic carbocycles. The molecule has 0 N–H and O–H groups in total. The van der Waals surface area contributed by atoms with Gasteiger partial charge in [0.05, 0.1) is 16.9 Å². The number of hydrogen-bond acceptors (Lipinski definition) is 3. The summed E-state index contributed by atoms with van der Waals surface area (Å²) >= 11 is 5.91. The molecule has 4 nitrogen and oxygen atoms in total. The van der Waals surface area contributed by atoms with E-state index in [1.54, 1.807) is 7.05 Å². The molecule has 0 aliphatic carbocycles. The van der Waals surface area contributed by atoms with Crippen LogP contribution in [-0.2, 0) is 7.05 Å². The van der Waals surface area contributed by atoms with Crippen molar-refractivity contribution in [3.8, 4) is 5.75 Å². The minimum atomic E-state index is -2.93. The molecule has 0 aliphatic heterocycles. The van der Waals surface area contributed by atoms with E-state index in [-0.39, 0.29) is 17.1 Å². The van der Waals surface area contributed by atoms with Gasteiger partial charge in [-0.1, -0.05) is 23.7 Å². The van der Waals surface area contributed by atoms with Crippen molar-refractivity contribution in [3.63, 3.8) is 0 Å². The molecule has 2 rings (SSSR count). The van der Waals surface area contributed by atoms with Crippen molar-refractivity contribution >= 4 is 23.5 Å². The Labute approximate surface area is 124 Å². The number of alkyl halides is 2. The van der Waals surface area contributed by atoms with Crippen LogP contribution in [0.15, 0.2) is 36.5 Å². The van der Waals surface area contributed by atoms with Crippen molar-refractivity contribution in [1.29, 1.82) is 0 Å². The van der Waals surface area contributed by atoms with Gasteiger partial charge in [-0.25, -0.2) is 0 Å². The lowest BCUT2D eigenvalue weighted by Gasteiger charge is -2.05. The normalized spacial score (nSPS) is 11.3. The SMILES string of the molecule is Cn1ncc(Cl)c1/C=C/C(=O)c1cccc(OC(F)F)c1. The number of carbonyl (C=O) groups is 1. The smallest absolute Gasteiger partial charge is 0.387 e. The minimum absolute atomic E-state index is 0.0668. The first-order valence-electron chi connectivity index (χ1n) is 5.92. The lowest BCUT2D eigenvalue weighted by atomic mass is 10.1. The Morgan fingerprint density at radius 2 is 2.24 bits per heavy atom. The minimum Gasteiger partial charge on any atom is -0.435 e. The third-order valence-electron chi connectivity index (χ3n) is 2.67. The maximum atomic E-state index is 12.1. The molecular weight excluding hydrogens is 302 g/mol. The second-order valence-corrected chi connectivity index (χ2v) is 4.51. The topological polar surface area (TPSA) is 44.1 Å². The van der Waals surface area contributed by atoms with Crippen LogP contribution in [0.3, 0.4) is 0 Å². The number of allylic oxidation sites excluding steroid dienone is 1. The summed E-state index contributed by atoms with van der Waals surface area (Å²) in [5.41, 5.74) is 0.813. The van der Waals surface area contributed by atoms with Gasteiger partial charge < -0.3 is 4.74 Å². The number of halogens is 3. The second-order valence-electron chi connectivity index (χ2n) is 4.11. The largest absolute Gasteiger partial charge is 0.435 e. The first kappa shape index (κ1) is 15.2. The highest BCUT2D eigenvalue weighted by atomic mass is 35.5. The summed E-state index contributed by atoms with van der Waals surface area (Å²) in [5, 5.41) is 4.35. The highest BCUT2D eigenvalue weighted by Gasteiger charge is 2.08. The van der Waals surface area contributed by atoms with Gasteiger partial charge in [-0.2, -0.15) is 13.9 Å². The van der Waals surface area contributed by atoms with Gasteiger partial charge in [0.1, 0.15) is 5.75 Å². The molecule has 110 valence electrons. The maximum Gasteiger partial charge on any atom is 0.387 e. The van der Waals surface area contributed by atoms with Gasteiger partial charge in [0.2, 0.25) is 0 Å². The molecule has 2 aromatic rings. The number of carbonyl (C=O) groups excluding carboxylic acids is 1. The molecule has 0 unspecified atom stereocenters. The lowest BCUT2D eigenvalue weighted by molar-refractivity contribution is -0.0498. The maximum absolute atomic E-state index is 12.1. The number of rotatable bonds is 5. The van der Waals surface area contributed by atoms with Gasteiger partial charge in [0.25, 0.3) is 0 Å². The second kappa shape index (κ2) is 6.49. The molecule has 1 heterocycles. The molecule has 1 aromatic heterocycles. The predicted molar refractivity (Wildman–Crippen MR) is 74.7 cm³/mol. The van der Waals surface area contributed by atoms with E-state index < -0.39 is 6.61 Å². The number of aromatic nitrogens is 2. The molecule has 0 spiro atoms. The van der Waals surface area contributed by atoms with E-state index in [0.29, 0.717) is 10.7 Å². The molecule has 0 saturated heterocycles. The van der Waals surface area contributed by atoms with E-state index in [2.05, 4.69) is 9.84 Å².